The molecule has 29 heavy (non-hydrogen) atoms. The first-order chi connectivity index (χ1) is 14.0. The van der Waals surface area contributed by atoms with Crippen molar-refractivity contribution in [1.82, 2.24) is 10.2 Å². The molecule has 0 saturated heterocycles. The van der Waals surface area contributed by atoms with Crippen LogP contribution in [-0.4, -0.2) is 42.8 Å². The van der Waals surface area contributed by atoms with E-state index in [0.29, 0.717) is 6.54 Å². The number of aliphatic hydroxyl groups is 1. The minimum atomic E-state index is -0.616. The maximum Gasteiger partial charge on any atom is 0.123 e. The van der Waals surface area contributed by atoms with Gasteiger partial charge in [-0.1, -0.05) is 77.0 Å². The summed E-state index contributed by atoms with van der Waals surface area (Å²) in [4.78, 5) is 2.32. The highest BCUT2D eigenvalue weighted by atomic mass is 19.1. The molecule has 0 radical (unpaired) electrons. The van der Waals surface area contributed by atoms with Crippen molar-refractivity contribution in [3.8, 4) is 0 Å². The van der Waals surface area contributed by atoms with Crippen LogP contribution in [0.4, 0.5) is 4.39 Å². The summed E-state index contributed by atoms with van der Waals surface area (Å²) in [5.74, 6) is -0.260. The molecule has 1 aromatic rings. The van der Waals surface area contributed by atoms with Gasteiger partial charge in [-0.25, -0.2) is 4.39 Å². The molecule has 4 heteroatoms. The van der Waals surface area contributed by atoms with Gasteiger partial charge in [-0.3, -0.25) is 4.90 Å². The summed E-state index contributed by atoms with van der Waals surface area (Å²) in [5, 5.41) is 14.0. The summed E-state index contributed by atoms with van der Waals surface area (Å²) >= 11 is 0. The number of likely N-dealkylation sites (N-methyl/N-ethyl adjacent to an activating group) is 1. The zero-order valence-electron chi connectivity index (χ0n) is 19.0. The fraction of sp³-hybridized carbons (Fsp3) is 0.600. The smallest absolute Gasteiger partial charge is 0.123 e. The highest BCUT2D eigenvalue weighted by Crippen LogP contribution is 2.35. The van der Waals surface area contributed by atoms with Crippen molar-refractivity contribution in [1.29, 1.82) is 0 Å². The number of allylic oxidation sites excluding steroid dienone is 3. The lowest BCUT2D eigenvalue weighted by Gasteiger charge is -2.41. The second kappa shape index (κ2) is 13.7. The molecule has 0 spiro atoms. The average Bonchev–Trinajstić information content (AvgIpc) is 2.79. The third-order valence-corrected chi connectivity index (χ3v) is 5.41. The highest BCUT2D eigenvalue weighted by molar-refractivity contribution is 5.22. The number of nitrogens with zero attached hydrogens (tertiary/aromatic N) is 1. The normalized spacial score (nSPS) is 24.2. The number of halogens is 1. The summed E-state index contributed by atoms with van der Waals surface area (Å²) in [6, 6.07) is 6.41. The number of nitrogens with one attached hydrogen (secondary N) is 1. The molecule has 3 unspecified atom stereocenters. The van der Waals surface area contributed by atoms with E-state index in [4.69, 9.17) is 0 Å². The van der Waals surface area contributed by atoms with E-state index in [1.165, 1.54) is 18.9 Å². The first kappa shape index (κ1) is 25.5. The topological polar surface area (TPSA) is 35.5 Å². The maximum atomic E-state index is 13.9. The van der Waals surface area contributed by atoms with Gasteiger partial charge in [0.2, 0.25) is 0 Å². The molecule has 0 amide bonds. The van der Waals surface area contributed by atoms with E-state index in [1.807, 2.05) is 27.0 Å². The van der Waals surface area contributed by atoms with Gasteiger partial charge in [-0.2, -0.15) is 0 Å². The third-order valence-electron chi connectivity index (χ3n) is 5.41. The Morgan fingerprint density at radius 3 is 2.62 bits per heavy atom. The molecular weight excluding hydrogens is 363 g/mol. The molecule has 1 heterocycles. The maximum absolute atomic E-state index is 13.9. The van der Waals surface area contributed by atoms with Crippen LogP contribution in [0.25, 0.3) is 0 Å². The monoisotopic (exact) mass is 404 g/mol. The average molecular weight is 405 g/mol. The van der Waals surface area contributed by atoms with Crippen molar-refractivity contribution < 1.29 is 9.50 Å². The first-order valence-electron chi connectivity index (χ1n) is 11.1. The molecule has 2 N–H and O–H groups in total. The lowest BCUT2D eigenvalue weighted by molar-refractivity contribution is 0.0300. The standard InChI is InChI=1S/C23H35FN2O.C2H6/c1-4-5-13-23(2)14-8-6-7-9-15-26(18-23)22(21(27)17-25-3)19-11-10-12-20(24)16-19;1-2/h6-12,16,21-22,25,27H,4-5,13-15,17-18H2,1-3H3;1-2H3/b8-6-,9-7-;. The zero-order valence-corrected chi connectivity index (χ0v) is 19.0. The fourth-order valence-electron chi connectivity index (χ4n) is 4.01. The summed E-state index contributed by atoms with van der Waals surface area (Å²) in [7, 11) is 1.83. The van der Waals surface area contributed by atoms with Crippen LogP contribution in [0.3, 0.4) is 0 Å². The van der Waals surface area contributed by atoms with E-state index in [2.05, 4.69) is 48.4 Å². The molecule has 3 atom stereocenters. The van der Waals surface area contributed by atoms with Crippen molar-refractivity contribution in [3.63, 3.8) is 0 Å². The predicted octanol–water partition coefficient (Wildman–Crippen LogP) is 5.49. The van der Waals surface area contributed by atoms with Crippen LogP contribution in [0, 0.1) is 11.2 Å². The fourth-order valence-corrected chi connectivity index (χ4v) is 4.01. The van der Waals surface area contributed by atoms with Gasteiger partial charge in [0, 0.05) is 19.6 Å². The molecule has 0 aromatic heterocycles. The Labute approximate surface area is 177 Å². The lowest BCUT2D eigenvalue weighted by atomic mass is 9.80. The number of aliphatic hydroxyl groups excluding tert-OH is 1. The van der Waals surface area contributed by atoms with Crippen LogP contribution in [0.15, 0.2) is 48.6 Å². The van der Waals surface area contributed by atoms with Crippen LogP contribution < -0.4 is 5.32 Å². The number of benzene rings is 1. The van der Waals surface area contributed by atoms with E-state index in [1.54, 1.807) is 12.1 Å². The molecule has 164 valence electrons. The van der Waals surface area contributed by atoms with Gasteiger partial charge in [-0.05, 0) is 43.0 Å². The molecule has 0 saturated carbocycles. The Morgan fingerprint density at radius 1 is 1.24 bits per heavy atom. The Bertz CT molecular complexity index is 631. The van der Waals surface area contributed by atoms with Crippen molar-refractivity contribution in [3.05, 3.63) is 60.0 Å². The van der Waals surface area contributed by atoms with E-state index in [9.17, 15) is 9.50 Å². The third kappa shape index (κ3) is 8.41. The summed E-state index contributed by atoms with van der Waals surface area (Å²) in [5.41, 5.74) is 0.958. The summed E-state index contributed by atoms with van der Waals surface area (Å²) in [6.45, 7) is 10.6. The summed E-state index contributed by atoms with van der Waals surface area (Å²) < 4.78 is 13.9. The van der Waals surface area contributed by atoms with Gasteiger partial charge in [-0.15, -0.1) is 0 Å². The van der Waals surface area contributed by atoms with Gasteiger partial charge < -0.3 is 10.4 Å². The molecule has 2 rings (SSSR count). The Balaban J connectivity index is 0.00000204. The Hall–Kier alpha value is -1.49. The number of rotatable bonds is 8. The van der Waals surface area contributed by atoms with E-state index in [0.717, 1.165) is 31.5 Å². The lowest BCUT2D eigenvalue weighted by Crippen LogP contribution is -2.45. The van der Waals surface area contributed by atoms with E-state index >= 15 is 0 Å². The molecule has 1 aromatic carbocycles. The largest absolute Gasteiger partial charge is 0.390 e. The van der Waals surface area contributed by atoms with E-state index < -0.39 is 6.10 Å². The minimum Gasteiger partial charge on any atom is -0.390 e. The van der Waals surface area contributed by atoms with Crippen molar-refractivity contribution >= 4 is 0 Å². The Kier molecular flexibility index (Phi) is 12.1. The van der Waals surface area contributed by atoms with Crippen molar-refractivity contribution in [2.75, 3.05) is 26.7 Å². The zero-order chi connectivity index (χ0) is 21.7. The van der Waals surface area contributed by atoms with Crippen molar-refractivity contribution in [2.45, 2.75) is 65.5 Å². The van der Waals surface area contributed by atoms with Crippen LogP contribution in [0.2, 0.25) is 0 Å². The highest BCUT2D eigenvalue weighted by Gasteiger charge is 2.33. The molecule has 0 bridgehead atoms. The van der Waals surface area contributed by atoms with Crippen molar-refractivity contribution in [2.24, 2.45) is 5.41 Å². The molecular formula is C25H41FN2O. The number of hydrogen-bond acceptors (Lipinski definition) is 3. The molecule has 1 aliphatic rings. The SMILES string of the molecule is CC.CCCCC1(C)C/C=C\C=C/CN(C(c2cccc(F)c2)C(O)CNC)C1. The van der Waals surface area contributed by atoms with Gasteiger partial charge in [0.25, 0.3) is 0 Å². The van der Waals surface area contributed by atoms with Crippen LogP contribution in [0.5, 0.6) is 0 Å². The molecule has 3 nitrogen and oxygen atoms in total. The second-order valence-electron chi connectivity index (χ2n) is 8.03. The quantitative estimate of drug-likeness (QED) is 0.601. The molecule has 0 fully saturated rings. The number of unbranched alkanes of at least 4 members (excludes halogenated alkanes) is 1. The Morgan fingerprint density at radius 2 is 1.97 bits per heavy atom. The van der Waals surface area contributed by atoms with Gasteiger partial charge >= 0.3 is 0 Å². The van der Waals surface area contributed by atoms with Crippen LogP contribution >= 0.6 is 0 Å². The van der Waals surface area contributed by atoms with Gasteiger partial charge in [0.1, 0.15) is 5.82 Å². The molecule has 0 aliphatic carbocycles. The van der Waals surface area contributed by atoms with E-state index in [-0.39, 0.29) is 17.3 Å². The first-order valence-corrected chi connectivity index (χ1v) is 11.1. The number of hydrogen-bond donors (Lipinski definition) is 2. The molecule has 1 aliphatic heterocycles. The predicted molar refractivity (Wildman–Crippen MR) is 123 cm³/mol. The summed E-state index contributed by atoms with van der Waals surface area (Å²) in [6.07, 6.45) is 12.5. The van der Waals surface area contributed by atoms with Crippen LogP contribution in [-0.2, 0) is 0 Å². The minimum absolute atomic E-state index is 0.128. The second-order valence-corrected chi connectivity index (χ2v) is 8.03. The van der Waals surface area contributed by atoms with Crippen LogP contribution in [0.1, 0.15) is 65.0 Å². The van der Waals surface area contributed by atoms with Gasteiger partial charge in [0.05, 0.1) is 12.1 Å². The van der Waals surface area contributed by atoms with Gasteiger partial charge in [0.15, 0.2) is 0 Å².